The van der Waals surface area contributed by atoms with Crippen LogP contribution in [0, 0.1) is 0 Å². The van der Waals surface area contributed by atoms with E-state index in [-0.39, 0.29) is 12.8 Å². The summed E-state index contributed by atoms with van der Waals surface area (Å²) in [6.45, 7) is 5.08. The van der Waals surface area contributed by atoms with Gasteiger partial charge in [-0.25, -0.2) is 0 Å². The van der Waals surface area contributed by atoms with Crippen molar-refractivity contribution in [3.05, 3.63) is 12.7 Å². The van der Waals surface area contributed by atoms with Crippen LogP contribution in [-0.2, 0) is 9.09 Å². The zero-order valence-electron chi connectivity index (χ0n) is 7.98. The van der Waals surface area contributed by atoms with E-state index in [9.17, 15) is 9.46 Å². The molecule has 0 aromatic carbocycles. The van der Waals surface area contributed by atoms with Crippen LogP contribution in [0.1, 0.15) is 6.42 Å². The van der Waals surface area contributed by atoms with Crippen LogP contribution >= 0.6 is 7.60 Å². The smallest absolute Gasteiger partial charge is 0.328 e. The van der Waals surface area contributed by atoms with E-state index in [2.05, 4.69) is 16.9 Å². The van der Waals surface area contributed by atoms with E-state index in [1.165, 1.54) is 6.08 Å². The zero-order chi connectivity index (χ0) is 10.4. The maximum atomic E-state index is 11.3. The summed E-state index contributed by atoms with van der Waals surface area (Å²) in [5.74, 6) is 0.793. The van der Waals surface area contributed by atoms with Crippen molar-refractivity contribution in [1.29, 1.82) is 0 Å². The van der Waals surface area contributed by atoms with Crippen molar-refractivity contribution in [3.8, 4) is 0 Å². The highest BCUT2D eigenvalue weighted by molar-refractivity contribution is 7.52. The number of nitrogens with zero attached hydrogens (tertiary/aromatic N) is 1. The molecule has 0 aliphatic carbocycles. The van der Waals surface area contributed by atoms with Gasteiger partial charge in [0, 0.05) is 13.0 Å². The fourth-order valence-electron chi connectivity index (χ4n) is 1.10. The van der Waals surface area contributed by atoms with Gasteiger partial charge in [-0.1, -0.05) is 6.08 Å². The van der Waals surface area contributed by atoms with Gasteiger partial charge in [0.05, 0.1) is 25.1 Å². The van der Waals surface area contributed by atoms with Crippen molar-refractivity contribution in [2.24, 2.45) is 4.99 Å². The predicted octanol–water partition coefficient (Wildman–Crippen LogP) is 0.766. The molecule has 1 aliphatic rings. The van der Waals surface area contributed by atoms with E-state index in [1.807, 2.05) is 0 Å². The van der Waals surface area contributed by atoms with Gasteiger partial charge in [-0.05, 0) is 0 Å². The lowest BCUT2D eigenvalue weighted by Crippen LogP contribution is -2.19. The maximum absolute atomic E-state index is 11.3. The van der Waals surface area contributed by atoms with E-state index in [1.54, 1.807) is 0 Å². The molecule has 1 rings (SSSR count). The van der Waals surface area contributed by atoms with Crippen molar-refractivity contribution >= 4 is 13.4 Å². The Morgan fingerprint density at radius 1 is 1.79 bits per heavy atom. The van der Waals surface area contributed by atoms with Crippen LogP contribution in [0.4, 0.5) is 0 Å². The number of rotatable bonds is 6. The van der Waals surface area contributed by atoms with Gasteiger partial charge >= 0.3 is 7.60 Å². The largest absolute Gasteiger partial charge is 0.372 e. The minimum atomic E-state index is -3.45. The van der Waals surface area contributed by atoms with Gasteiger partial charge in [0.1, 0.15) is 0 Å². The Morgan fingerprint density at radius 3 is 3.14 bits per heavy atom. The minimum absolute atomic E-state index is 0.104. The van der Waals surface area contributed by atoms with Crippen LogP contribution in [0.2, 0.25) is 0 Å². The number of nitrogens with one attached hydrogen (secondary N) is 1. The lowest BCUT2D eigenvalue weighted by molar-refractivity contribution is 0.288. The number of amidine groups is 1. The van der Waals surface area contributed by atoms with Crippen molar-refractivity contribution in [1.82, 2.24) is 5.32 Å². The van der Waals surface area contributed by atoms with E-state index in [0.717, 1.165) is 18.9 Å². The molecule has 80 valence electrons. The molecule has 0 amide bonds. The number of hydrogen-bond acceptors (Lipinski definition) is 4. The Hall–Kier alpha value is -0.640. The fraction of sp³-hybridized carbons (Fsp3) is 0.625. The van der Waals surface area contributed by atoms with E-state index < -0.39 is 7.60 Å². The van der Waals surface area contributed by atoms with Gasteiger partial charge in [0.25, 0.3) is 0 Å². The van der Waals surface area contributed by atoms with E-state index in [0.29, 0.717) is 6.42 Å². The molecule has 0 aromatic rings. The molecule has 0 saturated heterocycles. The molecule has 0 saturated carbocycles. The first kappa shape index (κ1) is 11.4. The minimum Gasteiger partial charge on any atom is -0.372 e. The van der Waals surface area contributed by atoms with Crippen LogP contribution in [0.3, 0.4) is 0 Å². The summed E-state index contributed by atoms with van der Waals surface area (Å²) < 4.78 is 16.1. The van der Waals surface area contributed by atoms with Gasteiger partial charge < -0.3 is 14.7 Å². The number of aliphatic imine (C=N–C) groups is 1. The zero-order valence-corrected chi connectivity index (χ0v) is 8.87. The van der Waals surface area contributed by atoms with Crippen LogP contribution < -0.4 is 5.32 Å². The summed E-state index contributed by atoms with van der Waals surface area (Å²) in [6.07, 6.45) is 2.02. The predicted molar refractivity (Wildman–Crippen MR) is 55.8 cm³/mol. The monoisotopic (exact) mass is 218 g/mol. The molecule has 6 heteroatoms. The molecule has 1 heterocycles. The average Bonchev–Trinajstić information content (AvgIpc) is 2.64. The Balaban J connectivity index is 2.27. The molecule has 1 atom stereocenters. The molecule has 0 bridgehead atoms. The van der Waals surface area contributed by atoms with E-state index in [4.69, 9.17) is 4.52 Å². The van der Waals surface area contributed by atoms with Crippen molar-refractivity contribution in [3.63, 3.8) is 0 Å². The molecule has 0 aromatic heterocycles. The molecular weight excluding hydrogens is 203 g/mol. The SMILES string of the molecule is C=CCOP(=O)(O)CCC1=NCCN1. The van der Waals surface area contributed by atoms with Crippen LogP contribution in [0.25, 0.3) is 0 Å². The first-order valence-corrected chi connectivity index (χ1v) is 6.25. The third kappa shape index (κ3) is 4.05. The first-order valence-electron chi connectivity index (χ1n) is 4.48. The molecular formula is C8H15N2O3P. The summed E-state index contributed by atoms with van der Waals surface area (Å²) in [5, 5.41) is 3.03. The van der Waals surface area contributed by atoms with Gasteiger partial charge in [-0.15, -0.1) is 6.58 Å². The standard InChI is InChI=1S/C8H15N2O3P/c1-2-6-13-14(11,12)7-3-8-9-4-5-10-8/h2H,1,3-7H2,(H,9,10)(H,11,12). The fourth-order valence-corrected chi connectivity index (χ4v) is 2.06. The lowest BCUT2D eigenvalue weighted by Gasteiger charge is -2.10. The molecule has 0 fully saturated rings. The molecule has 5 nitrogen and oxygen atoms in total. The molecule has 14 heavy (non-hydrogen) atoms. The highest BCUT2D eigenvalue weighted by Gasteiger charge is 2.20. The van der Waals surface area contributed by atoms with Crippen LogP contribution in [0.5, 0.6) is 0 Å². The highest BCUT2D eigenvalue weighted by Crippen LogP contribution is 2.42. The Kier molecular flexibility index (Phi) is 4.32. The van der Waals surface area contributed by atoms with Crippen molar-refractivity contribution < 1.29 is 14.0 Å². The lowest BCUT2D eigenvalue weighted by atomic mass is 10.4. The third-order valence-corrected chi connectivity index (χ3v) is 3.11. The Bertz CT molecular complexity index is 278. The Labute approximate surface area is 83.4 Å². The van der Waals surface area contributed by atoms with Crippen molar-refractivity contribution in [2.75, 3.05) is 25.9 Å². The summed E-state index contributed by atoms with van der Waals surface area (Å²) >= 11 is 0. The molecule has 0 spiro atoms. The molecule has 2 N–H and O–H groups in total. The van der Waals surface area contributed by atoms with Crippen LogP contribution in [0.15, 0.2) is 17.6 Å². The second kappa shape index (κ2) is 5.29. The molecule has 1 unspecified atom stereocenters. The summed E-state index contributed by atoms with van der Waals surface area (Å²) in [6, 6.07) is 0. The number of hydrogen-bond donors (Lipinski definition) is 2. The van der Waals surface area contributed by atoms with Gasteiger partial charge in [-0.3, -0.25) is 9.56 Å². The molecule has 0 radical (unpaired) electrons. The quantitative estimate of drug-likeness (QED) is 0.510. The average molecular weight is 218 g/mol. The van der Waals surface area contributed by atoms with Crippen LogP contribution in [-0.4, -0.2) is 36.6 Å². The second-order valence-electron chi connectivity index (χ2n) is 2.95. The topological polar surface area (TPSA) is 70.9 Å². The van der Waals surface area contributed by atoms with Crippen molar-refractivity contribution in [2.45, 2.75) is 6.42 Å². The second-order valence-corrected chi connectivity index (χ2v) is 4.93. The summed E-state index contributed by atoms with van der Waals surface area (Å²) in [4.78, 5) is 13.4. The Morgan fingerprint density at radius 2 is 2.57 bits per heavy atom. The van der Waals surface area contributed by atoms with E-state index >= 15 is 0 Å². The highest BCUT2D eigenvalue weighted by atomic mass is 31.2. The molecule has 1 aliphatic heterocycles. The first-order chi connectivity index (χ1) is 6.64. The van der Waals surface area contributed by atoms with Gasteiger partial charge in [0.15, 0.2) is 0 Å². The van der Waals surface area contributed by atoms with Gasteiger partial charge in [0.2, 0.25) is 0 Å². The van der Waals surface area contributed by atoms with Gasteiger partial charge in [-0.2, -0.15) is 0 Å². The summed E-state index contributed by atoms with van der Waals surface area (Å²) in [5.41, 5.74) is 0. The third-order valence-electron chi connectivity index (χ3n) is 1.77. The normalized spacial score (nSPS) is 19.6. The summed E-state index contributed by atoms with van der Waals surface area (Å²) in [7, 11) is -3.45. The maximum Gasteiger partial charge on any atom is 0.328 e.